The Morgan fingerprint density at radius 1 is 1.19 bits per heavy atom. The van der Waals surface area contributed by atoms with Crippen LogP contribution in [0.3, 0.4) is 0 Å². The molecule has 0 radical (unpaired) electrons. The zero-order valence-electron chi connectivity index (χ0n) is 10.9. The molecule has 4 nitrogen and oxygen atoms in total. The van der Waals surface area contributed by atoms with E-state index in [0.29, 0.717) is 10.5 Å². The minimum Gasteiger partial charge on any atom is -0.409 e. The summed E-state index contributed by atoms with van der Waals surface area (Å²) in [6, 6.07) is 14.3. The summed E-state index contributed by atoms with van der Waals surface area (Å²) in [6.07, 6.45) is 0. The maximum Gasteiger partial charge on any atom is 0.170 e. The molecule has 0 aliphatic rings. The van der Waals surface area contributed by atoms with Gasteiger partial charge in [0.15, 0.2) is 5.84 Å². The molecule has 21 heavy (non-hydrogen) atoms. The van der Waals surface area contributed by atoms with Crippen LogP contribution in [0.15, 0.2) is 63.6 Å². The second kappa shape index (κ2) is 5.49. The molecule has 6 heteroatoms. The smallest absolute Gasteiger partial charge is 0.170 e. The van der Waals surface area contributed by atoms with Gasteiger partial charge in [0.25, 0.3) is 0 Å². The number of aromatic amines is 1. The van der Waals surface area contributed by atoms with E-state index in [4.69, 9.17) is 10.9 Å². The first kappa shape index (κ1) is 13.5. The van der Waals surface area contributed by atoms with E-state index in [0.717, 1.165) is 15.9 Å². The van der Waals surface area contributed by atoms with Gasteiger partial charge in [-0.15, -0.1) is 0 Å². The maximum absolute atomic E-state index is 14.1. The number of nitrogens with zero attached hydrogens (tertiary/aromatic N) is 1. The number of nitrogens with two attached hydrogens (primary N) is 1. The summed E-state index contributed by atoms with van der Waals surface area (Å²) in [7, 11) is 0. The molecular weight excluding hydrogens is 289 g/mol. The lowest BCUT2D eigenvalue weighted by Crippen LogP contribution is -2.13. The average Bonchev–Trinajstić information content (AvgIpc) is 2.90. The molecule has 0 amide bonds. The highest BCUT2D eigenvalue weighted by Crippen LogP contribution is 2.31. The van der Waals surface area contributed by atoms with Gasteiger partial charge in [-0.1, -0.05) is 35.1 Å². The molecule has 4 N–H and O–H groups in total. The van der Waals surface area contributed by atoms with Gasteiger partial charge in [0.2, 0.25) is 0 Å². The number of amidine groups is 1. The maximum atomic E-state index is 14.1. The van der Waals surface area contributed by atoms with Crippen molar-refractivity contribution < 1.29 is 9.60 Å². The fourth-order valence-corrected chi connectivity index (χ4v) is 2.90. The number of hydrogen-bond donors (Lipinski definition) is 3. The predicted octanol–water partition coefficient (Wildman–Crippen LogP) is 3.55. The molecule has 106 valence electrons. The lowest BCUT2D eigenvalue weighted by molar-refractivity contribution is 0.318. The summed E-state index contributed by atoms with van der Waals surface area (Å²) >= 11 is 1.29. The predicted molar refractivity (Wildman–Crippen MR) is 81.3 cm³/mol. The van der Waals surface area contributed by atoms with Crippen molar-refractivity contribution in [3.8, 4) is 0 Å². The third-order valence-corrected chi connectivity index (χ3v) is 4.05. The Morgan fingerprint density at radius 2 is 2.00 bits per heavy atom. The third kappa shape index (κ3) is 2.71. The lowest BCUT2D eigenvalue weighted by Gasteiger charge is -2.04. The second-order valence-electron chi connectivity index (χ2n) is 4.45. The Labute approximate surface area is 124 Å². The molecule has 0 aliphatic carbocycles. The lowest BCUT2D eigenvalue weighted by atomic mass is 10.2. The average molecular weight is 301 g/mol. The van der Waals surface area contributed by atoms with Crippen molar-refractivity contribution in [1.82, 2.24) is 4.98 Å². The fourth-order valence-electron chi connectivity index (χ4n) is 2.02. The molecule has 1 heterocycles. The van der Waals surface area contributed by atoms with Crippen LogP contribution in [0.5, 0.6) is 0 Å². The number of benzene rings is 2. The summed E-state index contributed by atoms with van der Waals surface area (Å²) in [6.45, 7) is 0. The molecule has 0 atom stereocenters. The zero-order chi connectivity index (χ0) is 14.8. The second-order valence-corrected chi connectivity index (χ2v) is 5.54. The van der Waals surface area contributed by atoms with Crippen LogP contribution in [0.4, 0.5) is 4.39 Å². The van der Waals surface area contributed by atoms with Gasteiger partial charge in [-0.25, -0.2) is 4.39 Å². The van der Waals surface area contributed by atoms with Gasteiger partial charge in [0.1, 0.15) is 5.82 Å². The van der Waals surface area contributed by atoms with Crippen molar-refractivity contribution in [3.05, 3.63) is 59.9 Å². The van der Waals surface area contributed by atoms with E-state index in [1.807, 2.05) is 30.3 Å². The summed E-state index contributed by atoms with van der Waals surface area (Å²) in [5, 5.41) is 13.4. The molecular formula is C15H12FN3OS. The van der Waals surface area contributed by atoms with E-state index in [2.05, 4.69) is 10.1 Å². The minimum atomic E-state index is -0.414. The number of nitrogens with one attached hydrogen (secondary N) is 1. The van der Waals surface area contributed by atoms with Crippen molar-refractivity contribution in [1.29, 1.82) is 0 Å². The monoisotopic (exact) mass is 301 g/mol. The van der Waals surface area contributed by atoms with Gasteiger partial charge in [0, 0.05) is 21.4 Å². The fraction of sp³-hybridized carbons (Fsp3) is 0. The first-order chi connectivity index (χ1) is 10.2. The van der Waals surface area contributed by atoms with Crippen LogP contribution < -0.4 is 5.73 Å². The molecule has 0 saturated carbocycles. The molecule has 0 saturated heterocycles. The number of para-hydroxylation sites is 1. The van der Waals surface area contributed by atoms with Crippen LogP contribution in [0.1, 0.15) is 5.56 Å². The van der Waals surface area contributed by atoms with Gasteiger partial charge in [-0.3, -0.25) is 0 Å². The molecule has 3 rings (SSSR count). The van der Waals surface area contributed by atoms with Crippen molar-refractivity contribution in [2.45, 2.75) is 9.92 Å². The molecule has 0 unspecified atom stereocenters. The molecule has 0 spiro atoms. The Bertz CT molecular complexity index is 796. The Kier molecular flexibility index (Phi) is 3.53. The largest absolute Gasteiger partial charge is 0.409 e. The van der Waals surface area contributed by atoms with Crippen LogP contribution >= 0.6 is 11.8 Å². The van der Waals surface area contributed by atoms with Crippen LogP contribution in [0.25, 0.3) is 10.9 Å². The third-order valence-electron chi connectivity index (χ3n) is 3.06. The molecule has 0 aliphatic heterocycles. The number of H-pyrrole nitrogens is 1. The molecule has 2 aromatic carbocycles. The van der Waals surface area contributed by atoms with Gasteiger partial charge < -0.3 is 15.9 Å². The van der Waals surface area contributed by atoms with E-state index >= 15 is 0 Å². The van der Waals surface area contributed by atoms with Crippen LogP contribution in [-0.4, -0.2) is 16.0 Å². The highest BCUT2D eigenvalue weighted by atomic mass is 32.2. The van der Waals surface area contributed by atoms with Crippen molar-refractivity contribution >= 4 is 28.5 Å². The van der Waals surface area contributed by atoms with Crippen molar-refractivity contribution in [3.63, 3.8) is 0 Å². The molecule has 3 aromatic rings. The van der Waals surface area contributed by atoms with Gasteiger partial charge in [-0.2, -0.15) is 0 Å². The van der Waals surface area contributed by atoms with Gasteiger partial charge in [0.05, 0.1) is 5.03 Å². The molecule has 0 fully saturated rings. The SMILES string of the molecule is N/C(=N/O)c1ccc(Sc2cc3ccccc3[nH]2)c(F)c1. The Hall–Kier alpha value is -2.47. The number of oxime groups is 1. The highest BCUT2D eigenvalue weighted by Gasteiger charge is 2.09. The standard InChI is InChI=1S/C15H12FN3OS/c16-11-7-10(15(17)19-20)5-6-13(11)21-14-8-9-3-1-2-4-12(9)18-14/h1-8,18,20H,(H2,17,19). The minimum absolute atomic E-state index is 0.115. The van der Waals surface area contributed by atoms with E-state index < -0.39 is 5.82 Å². The highest BCUT2D eigenvalue weighted by molar-refractivity contribution is 7.99. The number of rotatable bonds is 3. The quantitative estimate of drug-likeness (QED) is 0.300. The first-order valence-corrected chi connectivity index (χ1v) is 7.02. The van der Waals surface area contributed by atoms with Crippen LogP contribution in [0, 0.1) is 5.82 Å². The summed E-state index contributed by atoms with van der Waals surface area (Å²) in [5.74, 6) is -0.529. The number of hydrogen-bond acceptors (Lipinski definition) is 3. The van der Waals surface area contributed by atoms with Crippen LogP contribution in [0.2, 0.25) is 0 Å². The number of halogens is 1. The normalized spacial score (nSPS) is 12.0. The van der Waals surface area contributed by atoms with Crippen molar-refractivity contribution in [2.24, 2.45) is 10.9 Å². The molecule has 0 bridgehead atoms. The first-order valence-electron chi connectivity index (χ1n) is 6.20. The Morgan fingerprint density at radius 3 is 2.71 bits per heavy atom. The summed E-state index contributed by atoms with van der Waals surface area (Å²) in [5.41, 5.74) is 6.79. The van der Waals surface area contributed by atoms with Gasteiger partial charge in [-0.05, 0) is 30.3 Å². The van der Waals surface area contributed by atoms with Crippen molar-refractivity contribution in [2.75, 3.05) is 0 Å². The number of fused-ring (bicyclic) bond motifs is 1. The number of aromatic nitrogens is 1. The zero-order valence-corrected chi connectivity index (χ0v) is 11.7. The van der Waals surface area contributed by atoms with Crippen LogP contribution in [-0.2, 0) is 0 Å². The van der Waals surface area contributed by atoms with E-state index in [-0.39, 0.29) is 5.84 Å². The van der Waals surface area contributed by atoms with E-state index in [1.54, 1.807) is 12.1 Å². The summed E-state index contributed by atoms with van der Waals surface area (Å²) in [4.78, 5) is 3.70. The topological polar surface area (TPSA) is 74.4 Å². The van der Waals surface area contributed by atoms with E-state index in [9.17, 15) is 4.39 Å². The Balaban J connectivity index is 1.91. The summed E-state index contributed by atoms with van der Waals surface area (Å²) < 4.78 is 14.1. The van der Waals surface area contributed by atoms with E-state index in [1.165, 1.54) is 17.8 Å². The molecule has 1 aromatic heterocycles. The van der Waals surface area contributed by atoms with Gasteiger partial charge >= 0.3 is 0 Å².